The molecule has 9 nitrogen and oxygen atoms in total. The first-order chi connectivity index (χ1) is 16.0. The Morgan fingerprint density at radius 2 is 1.85 bits per heavy atom. The summed E-state index contributed by atoms with van der Waals surface area (Å²) in [5.41, 5.74) is 9.68. The Balaban J connectivity index is 1.59. The Morgan fingerprint density at radius 3 is 2.50 bits per heavy atom. The average Bonchev–Trinajstić information content (AvgIpc) is 3.08. The predicted octanol–water partition coefficient (Wildman–Crippen LogP) is 2.83. The van der Waals surface area contributed by atoms with E-state index in [1.165, 1.54) is 0 Å². The van der Waals surface area contributed by atoms with Crippen molar-refractivity contribution in [2.45, 2.75) is 71.4 Å². The van der Waals surface area contributed by atoms with Crippen LogP contribution in [0.5, 0.6) is 0 Å². The third-order valence-electron chi connectivity index (χ3n) is 6.86. The number of hydrogen-bond acceptors (Lipinski definition) is 6. The highest BCUT2D eigenvalue weighted by Gasteiger charge is 2.36. The normalized spacial score (nSPS) is 21.7. The second-order valence-electron chi connectivity index (χ2n) is 10.3. The van der Waals surface area contributed by atoms with Crippen molar-refractivity contribution >= 4 is 23.3 Å². The number of nitrogens with one attached hydrogen (secondary N) is 2. The molecule has 0 aliphatic heterocycles. The number of primary amides is 1. The fraction of sp³-hybridized carbons (Fsp3) is 0.520. The van der Waals surface area contributed by atoms with Crippen LogP contribution in [0.4, 0.5) is 5.69 Å². The number of nitrogens with two attached hydrogens (primary N) is 1. The van der Waals surface area contributed by atoms with Crippen LogP contribution in [0.25, 0.3) is 5.69 Å². The van der Waals surface area contributed by atoms with Gasteiger partial charge in [0.1, 0.15) is 0 Å². The summed E-state index contributed by atoms with van der Waals surface area (Å²) in [6.07, 6.45) is 4.63. The Bertz CT molecular complexity index is 1130. The van der Waals surface area contributed by atoms with Crippen LogP contribution >= 0.6 is 0 Å². The van der Waals surface area contributed by atoms with Gasteiger partial charge in [-0.25, -0.2) is 4.68 Å². The van der Waals surface area contributed by atoms with E-state index in [0.29, 0.717) is 23.2 Å². The molecule has 182 valence electrons. The zero-order valence-corrected chi connectivity index (χ0v) is 20.0. The van der Waals surface area contributed by atoms with Gasteiger partial charge in [0.2, 0.25) is 0 Å². The van der Waals surface area contributed by atoms with Crippen molar-refractivity contribution in [3.05, 3.63) is 40.7 Å². The highest BCUT2D eigenvalue weighted by atomic mass is 16.4. The number of aromatic nitrogens is 2. The molecule has 5 N–H and O–H groups in total. The summed E-state index contributed by atoms with van der Waals surface area (Å²) in [7, 11) is 0. The summed E-state index contributed by atoms with van der Waals surface area (Å²) in [5, 5.41) is 20.1. The molecule has 34 heavy (non-hydrogen) atoms. The molecule has 2 aliphatic carbocycles. The van der Waals surface area contributed by atoms with Gasteiger partial charge < -0.3 is 21.5 Å². The minimum atomic E-state index is -0.857. The van der Waals surface area contributed by atoms with E-state index in [0.717, 1.165) is 49.2 Å². The first-order valence-electron chi connectivity index (χ1n) is 11.8. The zero-order valence-electron chi connectivity index (χ0n) is 20.0. The summed E-state index contributed by atoms with van der Waals surface area (Å²) in [5.74, 6) is -1.25. The molecule has 0 bridgehead atoms. The van der Waals surface area contributed by atoms with Crippen LogP contribution < -0.4 is 16.4 Å². The Kier molecular flexibility index (Phi) is 6.49. The molecule has 2 aromatic rings. The lowest BCUT2D eigenvalue weighted by Gasteiger charge is -2.31. The largest absolute Gasteiger partial charge is 0.480 e. The molecular formula is C25H33N5O4. The van der Waals surface area contributed by atoms with Crippen molar-refractivity contribution in [1.82, 2.24) is 15.1 Å². The number of carboxylic acids is 1. The van der Waals surface area contributed by atoms with E-state index in [-0.39, 0.29) is 29.8 Å². The molecule has 1 aromatic heterocycles. The third-order valence-corrected chi connectivity index (χ3v) is 6.86. The molecule has 9 heteroatoms. The topological polar surface area (TPSA) is 139 Å². The van der Waals surface area contributed by atoms with Crippen LogP contribution in [-0.2, 0) is 11.2 Å². The lowest BCUT2D eigenvalue weighted by atomic mass is 9.75. The highest BCUT2D eigenvalue weighted by molar-refractivity contribution is 6.00. The van der Waals surface area contributed by atoms with Gasteiger partial charge in [-0.2, -0.15) is 5.10 Å². The monoisotopic (exact) mass is 467 g/mol. The maximum atomic E-state index is 12.8. The minimum Gasteiger partial charge on any atom is -0.480 e. The van der Waals surface area contributed by atoms with E-state index in [9.17, 15) is 14.4 Å². The zero-order chi connectivity index (χ0) is 24.6. The fourth-order valence-corrected chi connectivity index (χ4v) is 5.25. The van der Waals surface area contributed by atoms with Crippen molar-refractivity contribution in [2.75, 3.05) is 11.9 Å². The number of nitrogens with zero attached hydrogens (tertiary/aromatic N) is 2. The van der Waals surface area contributed by atoms with Crippen LogP contribution in [-0.4, -0.2) is 51.2 Å². The number of aliphatic carboxylic acids is 1. The highest BCUT2D eigenvalue weighted by Crippen LogP contribution is 2.37. The van der Waals surface area contributed by atoms with E-state index >= 15 is 0 Å². The van der Waals surface area contributed by atoms with Gasteiger partial charge in [0.15, 0.2) is 5.78 Å². The van der Waals surface area contributed by atoms with Gasteiger partial charge in [-0.15, -0.1) is 0 Å². The molecule has 2 aliphatic rings. The van der Waals surface area contributed by atoms with Crippen LogP contribution in [0.1, 0.15) is 78.1 Å². The van der Waals surface area contributed by atoms with Gasteiger partial charge in [-0.1, -0.05) is 13.8 Å². The second-order valence-corrected chi connectivity index (χ2v) is 10.3. The molecule has 0 saturated heterocycles. The standard InChI is InChI=1S/C25H33N5O4/c1-14-23-20(11-25(2,3)12-21(23)31)30(29-14)17-8-9-18(24(26)34)19(10-17)28-16-6-4-15(5-7-16)27-13-22(32)33/h8-10,15-16,27-28H,4-7,11-13H2,1-3H3,(H2,26,34)(H,32,33). The third kappa shape index (κ3) is 4.99. The number of Topliss-reactive ketones (excluding diaryl/α,β-unsaturated/α-hetero) is 1. The maximum absolute atomic E-state index is 12.8. The first kappa shape index (κ1) is 23.9. The number of anilines is 1. The number of hydrogen-bond donors (Lipinski definition) is 4. The van der Waals surface area contributed by atoms with E-state index in [2.05, 4.69) is 29.6 Å². The van der Waals surface area contributed by atoms with Crippen LogP contribution in [0, 0.1) is 12.3 Å². The van der Waals surface area contributed by atoms with Crippen molar-refractivity contribution in [2.24, 2.45) is 11.1 Å². The van der Waals surface area contributed by atoms with E-state index in [1.807, 2.05) is 23.7 Å². The van der Waals surface area contributed by atoms with Gasteiger partial charge in [0, 0.05) is 24.2 Å². The molecule has 0 radical (unpaired) electrons. The number of aryl methyl sites for hydroxylation is 1. The molecular weight excluding hydrogens is 434 g/mol. The van der Waals surface area contributed by atoms with Crippen LogP contribution in [0.3, 0.4) is 0 Å². The second kappa shape index (κ2) is 9.21. The van der Waals surface area contributed by atoms with Crippen LogP contribution in [0.15, 0.2) is 18.2 Å². The Morgan fingerprint density at radius 1 is 1.18 bits per heavy atom. The van der Waals surface area contributed by atoms with Gasteiger partial charge >= 0.3 is 5.97 Å². The molecule has 0 spiro atoms. The van der Waals surface area contributed by atoms with Gasteiger partial charge in [0.05, 0.1) is 34.7 Å². The van der Waals surface area contributed by atoms with Gasteiger partial charge in [0.25, 0.3) is 5.91 Å². The molecule has 1 heterocycles. The smallest absolute Gasteiger partial charge is 0.317 e. The first-order valence-corrected chi connectivity index (χ1v) is 11.8. The number of fused-ring (bicyclic) bond motifs is 1. The van der Waals surface area contributed by atoms with Crippen LogP contribution in [0.2, 0.25) is 0 Å². The molecule has 1 saturated carbocycles. The molecule has 1 fully saturated rings. The van der Waals surface area contributed by atoms with Crippen molar-refractivity contribution < 1.29 is 19.5 Å². The van der Waals surface area contributed by atoms with Crippen molar-refractivity contribution in [3.63, 3.8) is 0 Å². The number of carboxylic acid groups (broad SMARTS) is 1. The lowest BCUT2D eigenvalue weighted by Crippen LogP contribution is -2.39. The van der Waals surface area contributed by atoms with E-state index in [1.54, 1.807) is 6.07 Å². The Hall–Kier alpha value is -3.20. The van der Waals surface area contributed by atoms with Crippen molar-refractivity contribution in [3.8, 4) is 5.69 Å². The maximum Gasteiger partial charge on any atom is 0.317 e. The summed E-state index contributed by atoms with van der Waals surface area (Å²) in [4.78, 5) is 35.7. The average molecular weight is 468 g/mol. The molecule has 4 rings (SSSR count). The van der Waals surface area contributed by atoms with Gasteiger partial charge in [-0.3, -0.25) is 14.4 Å². The fourth-order valence-electron chi connectivity index (χ4n) is 5.25. The summed E-state index contributed by atoms with van der Waals surface area (Å²) < 4.78 is 1.83. The summed E-state index contributed by atoms with van der Waals surface area (Å²) in [6, 6.07) is 5.73. The van der Waals surface area contributed by atoms with Gasteiger partial charge in [-0.05, 0) is 62.6 Å². The van der Waals surface area contributed by atoms with E-state index in [4.69, 9.17) is 10.8 Å². The summed E-state index contributed by atoms with van der Waals surface area (Å²) >= 11 is 0. The predicted molar refractivity (Wildman–Crippen MR) is 129 cm³/mol. The number of amides is 1. The number of carbonyl (C=O) groups excluding carboxylic acids is 2. The quantitative estimate of drug-likeness (QED) is 0.491. The van der Waals surface area contributed by atoms with Crippen molar-refractivity contribution in [1.29, 1.82) is 0 Å². The SMILES string of the molecule is Cc1nn(-c2ccc(C(N)=O)c(NC3CCC(NCC(=O)O)CC3)c2)c2c1C(=O)CC(C)(C)C2. The number of rotatable bonds is 7. The molecule has 0 atom stereocenters. The molecule has 1 amide bonds. The summed E-state index contributed by atoms with van der Waals surface area (Å²) in [6.45, 7) is 6.00. The van der Waals surface area contributed by atoms with E-state index < -0.39 is 11.9 Å². The number of benzene rings is 1. The Labute approximate surface area is 199 Å². The molecule has 0 unspecified atom stereocenters. The molecule has 1 aromatic carbocycles. The lowest BCUT2D eigenvalue weighted by molar-refractivity contribution is -0.136. The number of carbonyl (C=O) groups is 3. The minimum absolute atomic E-state index is 0.0381. The number of ketones is 1.